The molecule has 2 fully saturated rings. The molecule has 0 aliphatic carbocycles. The second kappa shape index (κ2) is 8.58. The Morgan fingerprint density at radius 3 is 2.81 bits per heavy atom. The SMILES string of the molecule is CN=C(NC[C@H]1CCCN1S(C)(=O)=O)N1CCOC(c2ccccc2C)C1. The van der Waals surface area contributed by atoms with E-state index in [1.165, 1.54) is 17.4 Å². The number of aliphatic imine (C=N–C) groups is 1. The predicted octanol–water partition coefficient (Wildman–Crippen LogP) is 1.37. The zero-order chi connectivity index (χ0) is 19.4. The van der Waals surface area contributed by atoms with E-state index in [1.807, 2.05) is 12.1 Å². The average molecular weight is 395 g/mol. The molecule has 0 aromatic heterocycles. The molecule has 150 valence electrons. The Kier molecular flexibility index (Phi) is 6.39. The van der Waals surface area contributed by atoms with Crippen molar-refractivity contribution < 1.29 is 13.2 Å². The van der Waals surface area contributed by atoms with Gasteiger partial charge in [0.05, 0.1) is 19.4 Å². The van der Waals surface area contributed by atoms with Crippen LogP contribution in [-0.4, -0.2) is 75.7 Å². The lowest BCUT2D eigenvalue weighted by atomic mass is 10.0. The molecule has 27 heavy (non-hydrogen) atoms. The minimum Gasteiger partial charge on any atom is -0.370 e. The van der Waals surface area contributed by atoms with Crippen molar-refractivity contribution in [2.75, 3.05) is 46.1 Å². The lowest BCUT2D eigenvalue weighted by Crippen LogP contribution is -2.51. The van der Waals surface area contributed by atoms with Gasteiger partial charge in [-0.25, -0.2) is 8.42 Å². The first-order chi connectivity index (χ1) is 12.9. The molecule has 3 rings (SSSR count). The summed E-state index contributed by atoms with van der Waals surface area (Å²) in [6.07, 6.45) is 3.09. The van der Waals surface area contributed by atoms with Crippen molar-refractivity contribution in [3.05, 3.63) is 35.4 Å². The van der Waals surface area contributed by atoms with Gasteiger partial charge in [0.1, 0.15) is 6.10 Å². The Hall–Kier alpha value is -1.64. The van der Waals surface area contributed by atoms with Gasteiger partial charge < -0.3 is 15.0 Å². The molecule has 0 amide bonds. The number of nitrogens with zero attached hydrogens (tertiary/aromatic N) is 3. The first kappa shape index (κ1) is 20.1. The number of guanidine groups is 1. The van der Waals surface area contributed by atoms with Crippen LogP contribution in [0, 0.1) is 6.92 Å². The molecule has 2 atom stereocenters. The van der Waals surface area contributed by atoms with Gasteiger partial charge in [0.15, 0.2) is 5.96 Å². The summed E-state index contributed by atoms with van der Waals surface area (Å²) in [5.41, 5.74) is 2.43. The van der Waals surface area contributed by atoms with Gasteiger partial charge in [-0.3, -0.25) is 4.99 Å². The summed E-state index contributed by atoms with van der Waals surface area (Å²) < 4.78 is 31.5. The first-order valence-electron chi connectivity index (χ1n) is 9.49. The van der Waals surface area contributed by atoms with Gasteiger partial charge in [-0.1, -0.05) is 24.3 Å². The zero-order valence-corrected chi connectivity index (χ0v) is 17.2. The van der Waals surface area contributed by atoms with Gasteiger partial charge in [-0.05, 0) is 30.9 Å². The van der Waals surface area contributed by atoms with Crippen LogP contribution in [-0.2, 0) is 14.8 Å². The predicted molar refractivity (Wildman–Crippen MR) is 107 cm³/mol. The highest BCUT2D eigenvalue weighted by Crippen LogP contribution is 2.25. The maximum atomic E-state index is 11.9. The highest BCUT2D eigenvalue weighted by molar-refractivity contribution is 7.88. The van der Waals surface area contributed by atoms with E-state index in [0.717, 1.165) is 31.9 Å². The summed E-state index contributed by atoms with van der Waals surface area (Å²) in [4.78, 5) is 6.61. The lowest BCUT2D eigenvalue weighted by molar-refractivity contribution is -0.00835. The molecule has 0 bridgehead atoms. The van der Waals surface area contributed by atoms with Crippen LogP contribution in [0.25, 0.3) is 0 Å². The van der Waals surface area contributed by atoms with E-state index in [-0.39, 0.29) is 12.1 Å². The molecule has 7 nitrogen and oxygen atoms in total. The molecule has 1 aromatic carbocycles. The molecule has 0 spiro atoms. The number of hydrogen-bond acceptors (Lipinski definition) is 4. The summed E-state index contributed by atoms with van der Waals surface area (Å²) in [6.45, 7) is 5.42. The van der Waals surface area contributed by atoms with Crippen LogP contribution >= 0.6 is 0 Å². The van der Waals surface area contributed by atoms with Crippen LogP contribution in [0.2, 0.25) is 0 Å². The first-order valence-corrected chi connectivity index (χ1v) is 11.3. The van der Waals surface area contributed by atoms with Crippen LogP contribution in [0.3, 0.4) is 0 Å². The normalized spacial score (nSPS) is 25.0. The third-order valence-electron chi connectivity index (χ3n) is 5.36. The van der Waals surface area contributed by atoms with Crippen LogP contribution < -0.4 is 5.32 Å². The summed E-state index contributed by atoms with van der Waals surface area (Å²) in [6, 6.07) is 8.28. The maximum absolute atomic E-state index is 11.9. The quantitative estimate of drug-likeness (QED) is 0.617. The molecule has 2 heterocycles. The minimum atomic E-state index is -3.16. The molecule has 2 aliphatic rings. The summed E-state index contributed by atoms with van der Waals surface area (Å²) in [7, 11) is -1.39. The van der Waals surface area contributed by atoms with E-state index in [0.29, 0.717) is 19.7 Å². The van der Waals surface area contributed by atoms with Crippen LogP contribution in [0.15, 0.2) is 29.3 Å². The summed E-state index contributed by atoms with van der Waals surface area (Å²) in [5, 5.41) is 3.38. The number of aryl methyl sites for hydroxylation is 1. The van der Waals surface area contributed by atoms with Crippen LogP contribution in [0.1, 0.15) is 30.1 Å². The van der Waals surface area contributed by atoms with Gasteiger partial charge in [-0.2, -0.15) is 4.31 Å². The molecule has 2 saturated heterocycles. The molecule has 0 radical (unpaired) electrons. The van der Waals surface area contributed by atoms with E-state index >= 15 is 0 Å². The van der Waals surface area contributed by atoms with Crippen molar-refractivity contribution in [2.45, 2.75) is 31.9 Å². The Balaban J connectivity index is 1.63. The summed E-state index contributed by atoms with van der Waals surface area (Å²) in [5.74, 6) is 0.803. The average Bonchev–Trinajstić information content (AvgIpc) is 3.12. The largest absolute Gasteiger partial charge is 0.370 e. The van der Waals surface area contributed by atoms with Crippen molar-refractivity contribution in [3.8, 4) is 0 Å². The molecule has 1 N–H and O–H groups in total. The topological polar surface area (TPSA) is 74.2 Å². The van der Waals surface area contributed by atoms with Crippen molar-refractivity contribution in [1.82, 2.24) is 14.5 Å². The van der Waals surface area contributed by atoms with Crippen molar-refractivity contribution >= 4 is 16.0 Å². The van der Waals surface area contributed by atoms with Gasteiger partial charge in [0, 0.05) is 32.7 Å². The Morgan fingerprint density at radius 2 is 2.11 bits per heavy atom. The fraction of sp³-hybridized carbons (Fsp3) is 0.632. The molecule has 2 aliphatic heterocycles. The molecule has 1 aromatic rings. The number of sulfonamides is 1. The van der Waals surface area contributed by atoms with Gasteiger partial charge >= 0.3 is 0 Å². The van der Waals surface area contributed by atoms with E-state index < -0.39 is 10.0 Å². The molecule has 0 saturated carbocycles. The molecule has 8 heteroatoms. The molecular formula is C19H30N4O3S. The van der Waals surface area contributed by atoms with Crippen LogP contribution in [0.4, 0.5) is 0 Å². The second-order valence-corrected chi connectivity index (χ2v) is 9.19. The Morgan fingerprint density at radius 1 is 1.33 bits per heavy atom. The molecule has 1 unspecified atom stereocenters. The highest BCUT2D eigenvalue weighted by atomic mass is 32.2. The second-order valence-electron chi connectivity index (χ2n) is 7.26. The molecular weight excluding hydrogens is 364 g/mol. The number of nitrogens with one attached hydrogen (secondary N) is 1. The van der Waals surface area contributed by atoms with Crippen LogP contribution in [0.5, 0.6) is 0 Å². The number of hydrogen-bond donors (Lipinski definition) is 1. The van der Waals surface area contributed by atoms with Gasteiger partial charge in [0.25, 0.3) is 0 Å². The van der Waals surface area contributed by atoms with E-state index in [9.17, 15) is 8.42 Å². The van der Waals surface area contributed by atoms with Gasteiger partial charge in [-0.15, -0.1) is 0 Å². The Bertz CT molecular complexity index is 781. The highest BCUT2D eigenvalue weighted by Gasteiger charge is 2.32. The van der Waals surface area contributed by atoms with E-state index in [2.05, 4.69) is 34.3 Å². The fourth-order valence-electron chi connectivity index (χ4n) is 3.97. The zero-order valence-electron chi connectivity index (χ0n) is 16.4. The number of ether oxygens (including phenoxy) is 1. The Labute approximate surface area is 162 Å². The maximum Gasteiger partial charge on any atom is 0.211 e. The third-order valence-corrected chi connectivity index (χ3v) is 6.69. The standard InChI is InChI=1S/C19H30N4O3S/c1-15-7-4-5-9-17(15)18-14-22(11-12-26-18)19(20-2)21-13-16-8-6-10-23(16)27(3,24)25/h4-5,7,9,16,18H,6,8,10-14H2,1-3H3,(H,20,21)/t16-,18?/m1/s1. The summed E-state index contributed by atoms with van der Waals surface area (Å²) >= 11 is 0. The van der Waals surface area contributed by atoms with Crippen molar-refractivity contribution in [1.29, 1.82) is 0 Å². The smallest absolute Gasteiger partial charge is 0.211 e. The minimum absolute atomic E-state index is 0.00930. The number of benzene rings is 1. The third kappa shape index (κ3) is 4.80. The van der Waals surface area contributed by atoms with E-state index in [4.69, 9.17) is 4.74 Å². The van der Waals surface area contributed by atoms with Crippen molar-refractivity contribution in [2.24, 2.45) is 4.99 Å². The van der Waals surface area contributed by atoms with Gasteiger partial charge in [0.2, 0.25) is 10.0 Å². The van der Waals surface area contributed by atoms with Crippen molar-refractivity contribution in [3.63, 3.8) is 0 Å². The number of rotatable bonds is 4. The lowest BCUT2D eigenvalue weighted by Gasteiger charge is -2.36. The monoisotopic (exact) mass is 394 g/mol. The number of morpholine rings is 1. The fourth-order valence-corrected chi connectivity index (χ4v) is 5.15. The van der Waals surface area contributed by atoms with E-state index in [1.54, 1.807) is 11.4 Å².